The number of carbonyl (C=O) groups excluding carboxylic acids is 1. The van der Waals surface area contributed by atoms with Crippen molar-refractivity contribution in [3.05, 3.63) is 63.4 Å². The van der Waals surface area contributed by atoms with Gasteiger partial charge in [-0.1, -0.05) is 0 Å². The number of furan rings is 1. The number of rotatable bonds is 10. The molecule has 302 valence electrons. The zero-order valence-corrected chi connectivity index (χ0v) is 33.4. The molecule has 0 unspecified atom stereocenters. The number of piperazine rings is 1. The number of amides is 1. The third kappa shape index (κ3) is 6.14. The summed E-state index contributed by atoms with van der Waals surface area (Å²) in [6.07, 6.45) is 2.68. The van der Waals surface area contributed by atoms with Crippen LogP contribution in [0.3, 0.4) is 0 Å². The number of phenols is 2. The van der Waals surface area contributed by atoms with Gasteiger partial charge in [0.1, 0.15) is 28.9 Å². The Balaban J connectivity index is 1.18. The molecule has 0 spiro atoms. The van der Waals surface area contributed by atoms with E-state index in [9.17, 15) is 20.3 Å². The minimum absolute atomic E-state index is 0.00247. The van der Waals surface area contributed by atoms with Crippen LogP contribution in [-0.4, -0.2) is 106 Å². The number of fused-ring (bicyclic) bond motifs is 8. The van der Waals surface area contributed by atoms with Gasteiger partial charge < -0.3 is 48.4 Å². The Hall–Kier alpha value is -5.36. The van der Waals surface area contributed by atoms with Gasteiger partial charge in [-0.15, -0.1) is 0 Å². The Labute approximate surface area is 331 Å². The summed E-state index contributed by atoms with van der Waals surface area (Å²) in [5.74, 6) is 2.47. The number of hydrogen-bond acceptors (Lipinski definition) is 13. The monoisotopic (exact) mass is 782 g/mol. The van der Waals surface area contributed by atoms with Crippen LogP contribution in [0.25, 0.3) is 11.0 Å². The normalized spacial score (nSPS) is 23.2. The lowest BCUT2D eigenvalue weighted by atomic mass is 9.71. The molecule has 1 aromatic heterocycles. The van der Waals surface area contributed by atoms with E-state index in [1.54, 1.807) is 26.4 Å². The van der Waals surface area contributed by atoms with E-state index in [0.717, 1.165) is 42.6 Å². The molecule has 2 saturated heterocycles. The summed E-state index contributed by atoms with van der Waals surface area (Å²) in [5, 5.41) is 38.7. The molecule has 57 heavy (non-hydrogen) atoms. The van der Waals surface area contributed by atoms with Crippen LogP contribution < -0.4 is 29.0 Å². The first-order chi connectivity index (χ1) is 27.6. The second-order valence-corrected chi connectivity index (χ2v) is 15.4. The van der Waals surface area contributed by atoms with E-state index in [4.69, 9.17) is 32.8 Å². The maximum atomic E-state index is 14.0. The lowest BCUT2D eigenvalue weighted by Crippen LogP contribution is -2.68. The number of nitrogens with zero attached hydrogens (tertiary/aromatic N) is 3. The number of methoxy groups -OCH3 is 4. The fourth-order valence-electron chi connectivity index (χ4n) is 10.0. The van der Waals surface area contributed by atoms with E-state index < -0.39 is 30.1 Å². The zero-order valence-electron chi connectivity index (χ0n) is 33.4. The lowest BCUT2D eigenvalue weighted by Gasteiger charge is -2.60. The van der Waals surface area contributed by atoms with Crippen LogP contribution >= 0.6 is 0 Å². The second kappa shape index (κ2) is 15.2. The minimum Gasteiger partial charge on any atom is -0.504 e. The van der Waals surface area contributed by atoms with Crippen molar-refractivity contribution in [2.75, 3.05) is 61.9 Å². The second-order valence-electron chi connectivity index (χ2n) is 15.4. The van der Waals surface area contributed by atoms with Gasteiger partial charge in [0.2, 0.25) is 0 Å². The van der Waals surface area contributed by atoms with Crippen LogP contribution in [0.2, 0.25) is 0 Å². The van der Waals surface area contributed by atoms with Gasteiger partial charge in [0.05, 0.1) is 53.2 Å². The van der Waals surface area contributed by atoms with Crippen molar-refractivity contribution in [2.45, 2.75) is 69.7 Å². The van der Waals surface area contributed by atoms with Gasteiger partial charge in [0.25, 0.3) is 5.91 Å². The molecule has 3 N–H and O–H groups in total. The van der Waals surface area contributed by atoms with Crippen LogP contribution in [0.4, 0.5) is 0 Å². The Kier molecular flexibility index (Phi) is 10.3. The maximum absolute atomic E-state index is 14.0. The van der Waals surface area contributed by atoms with E-state index in [2.05, 4.69) is 21.2 Å². The molecule has 14 heteroatoms. The minimum atomic E-state index is -0.720. The highest BCUT2D eigenvalue weighted by Gasteiger charge is 2.57. The van der Waals surface area contributed by atoms with Gasteiger partial charge in [0, 0.05) is 70.6 Å². The molecule has 1 amide bonds. The van der Waals surface area contributed by atoms with E-state index in [1.807, 2.05) is 33.0 Å². The first-order valence-electron chi connectivity index (χ1n) is 19.4. The Morgan fingerprint density at radius 2 is 1.51 bits per heavy atom. The molecular weight excluding hydrogens is 732 g/mol. The van der Waals surface area contributed by atoms with Crippen LogP contribution in [0.15, 0.2) is 28.7 Å². The van der Waals surface area contributed by atoms with Crippen molar-refractivity contribution in [1.29, 1.82) is 5.26 Å². The number of likely N-dealkylation sites (N-methyl/N-ethyl adjacent to an activating group) is 1. The lowest BCUT2D eigenvalue weighted by molar-refractivity contribution is -0.0725. The van der Waals surface area contributed by atoms with Crippen molar-refractivity contribution in [1.82, 2.24) is 15.1 Å². The predicted molar refractivity (Wildman–Crippen MR) is 209 cm³/mol. The van der Waals surface area contributed by atoms with Gasteiger partial charge in [-0.25, -0.2) is 0 Å². The number of nitrogens with one attached hydrogen (secondary N) is 1. The van der Waals surface area contributed by atoms with Crippen molar-refractivity contribution < 1.29 is 47.8 Å². The summed E-state index contributed by atoms with van der Waals surface area (Å²) < 4.78 is 41.0. The average Bonchev–Trinajstić information content (AvgIpc) is 3.64. The molecule has 3 aromatic carbocycles. The summed E-state index contributed by atoms with van der Waals surface area (Å²) in [6.45, 7) is 5.76. The van der Waals surface area contributed by atoms with Gasteiger partial charge in [0.15, 0.2) is 28.8 Å². The number of benzene rings is 3. The van der Waals surface area contributed by atoms with Crippen molar-refractivity contribution in [3.63, 3.8) is 0 Å². The first-order valence-corrected chi connectivity index (χ1v) is 19.4. The standard InChI is InChI=1S/C43H50N4O10/c1-21-39(51-4)26-17-29-36-35-27(40(52-5)22(2)42(54-7)38(35)49)16-28(46(36)3)30(18-44)47(29)31(34(26)37(48)41(21)53-6)19-45-43(50)33-15-24-14-25(8-9-32(24)57-33)56-20-23-10-12-55-13-11-23/h8-9,14-15,23,28-31,36,48-49H,10-13,16-17,19-20H2,1-7H3,(H,45,50)/t28-,29-,30-,31-,36-/m0/s1. The number of ether oxygens (including phenoxy) is 6. The number of phenolic OH excluding ortho intramolecular Hbond substituents is 2. The molecule has 0 aliphatic carbocycles. The fraction of sp³-hybridized carbons (Fsp3) is 0.488. The van der Waals surface area contributed by atoms with E-state index in [1.165, 1.54) is 14.2 Å². The van der Waals surface area contributed by atoms with Crippen LogP contribution in [-0.2, 0) is 17.6 Å². The molecule has 14 nitrogen and oxygen atoms in total. The van der Waals surface area contributed by atoms with Crippen LogP contribution in [0.1, 0.15) is 68.9 Å². The van der Waals surface area contributed by atoms with Crippen molar-refractivity contribution in [3.8, 4) is 46.3 Å². The third-order valence-corrected chi connectivity index (χ3v) is 12.7. The molecule has 2 fully saturated rings. The van der Waals surface area contributed by atoms with Gasteiger partial charge in [-0.05, 0) is 76.8 Å². The largest absolute Gasteiger partial charge is 0.504 e. The smallest absolute Gasteiger partial charge is 0.287 e. The highest BCUT2D eigenvalue weighted by atomic mass is 16.5. The number of hydrogen-bond donors (Lipinski definition) is 3. The van der Waals surface area contributed by atoms with Gasteiger partial charge in [-0.3, -0.25) is 14.6 Å². The molecule has 4 aliphatic rings. The predicted octanol–water partition coefficient (Wildman–Crippen LogP) is 5.50. The summed E-state index contributed by atoms with van der Waals surface area (Å²) in [4.78, 5) is 18.2. The van der Waals surface area contributed by atoms with Crippen molar-refractivity contribution >= 4 is 16.9 Å². The third-order valence-electron chi connectivity index (χ3n) is 12.7. The Morgan fingerprint density at radius 3 is 2.14 bits per heavy atom. The highest BCUT2D eigenvalue weighted by molar-refractivity contribution is 5.96. The molecule has 2 bridgehead atoms. The average molecular weight is 783 g/mol. The zero-order chi connectivity index (χ0) is 40.3. The number of aromatic hydroxyl groups is 2. The topological polar surface area (TPSA) is 168 Å². The molecule has 5 heterocycles. The Morgan fingerprint density at radius 1 is 0.895 bits per heavy atom. The highest BCUT2D eigenvalue weighted by Crippen LogP contribution is 2.58. The quantitative estimate of drug-likeness (QED) is 0.185. The molecule has 0 saturated carbocycles. The van der Waals surface area contributed by atoms with E-state index >= 15 is 0 Å². The molecule has 5 atom stereocenters. The summed E-state index contributed by atoms with van der Waals surface area (Å²) in [7, 11) is 8.16. The van der Waals surface area contributed by atoms with Crippen LogP contribution in [0.5, 0.6) is 40.2 Å². The molecule has 0 radical (unpaired) electrons. The molecule has 8 rings (SSSR count). The Bertz CT molecular complexity index is 2260. The van der Waals surface area contributed by atoms with Gasteiger partial charge in [-0.2, -0.15) is 5.26 Å². The fourth-order valence-corrected chi connectivity index (χ4v) is 10.0. The van der Waals surface area contributed by atoms with Gasteiger partial charge >= 0.3 is 0 Å². The summed E-state index contributed by atoms with van der Waals surface area (Å²) in [5.41, 5.74) is 4.57. The van der Waals surface area contributed by atoms with E-state index in [-0.39, 0.29) is 35.6 Å². The SMILES string of the molecule is COc1c(C)c(OC)c2c(c1O)[C@@H]1[C@@H]3Cc4c(OC)c(C)c(OC)c(O)c4[C@H](CNC(=O)c4cc5cc(OCC6CCOCC6)ccc5o4)N3[C@@H](C#N)[C@H](C2)N1C. The van der Waals surface area contributed by atoms with E-state index in [0.29, 0.717) is 76.2 Å². The number of carbonyl (C=O) groups is 1. The maximum Gasteiger partial charge on any atom is 0.287 e. The number of nitriles is 1. The summed E-state index contributed by atoms with van der Waals surface area (Å²) in [6, 6.07) is 7.17. The molecule has 4 aliphatic heterocycles. The first kappa shape index (κ1) is 38.5. The molecule has 4 aromatic rings. The molecular formula is C43H50N4O10. The van der Waals surface area contributed by atoms with Crippen LogP contribution in [0, 0.1) is 31.1 Å². The van der Waals surface area contributed by atoms with Crippen molar-refractivity contribution in [2.24, 2.45) is 5.92 Å². The summed E-state index contributed by atoms with van der Waals surface area (Å²) >= 11 is 0.